The fraction of sp³-hybridized carbons (Fsp3) is 0.350. The SMILES string of the molecule is Cc1cc(Nc2nc(-c3cccc(C(F)(F)F)n3)nc(C3CCCCN3)n2)ccn1. The molecular formula is C20H20F3N7. The molecule has 1 aliphatic rings. The molecule has 0 spiro atoms. The molecule has 0 aliphatic carbocycles. The number of aromatic nitrogens is 5. The van der Waals surface area contributed by atoms with E-state index >= 15 is 0 Å². The number of nitrogens with zero attached hydrogens (tertiary/aromatic N) is 5. The van der Waals surface area contributed by atoms with E-state index in [1.807, 2.05) is 13.0 Å². The minimum absolute atomic E-state index is 0.0400. The van der Waals surface area contributed by atoms with Crippen molar-refractivity contribution in [3.8, 4) is 11.5 Å². The molecule has 0 aromatic carbocycles. The normalized spacial score (nSPS) is 17.0. The molecule has 0 radical (unpaired) electrons. The molecule has 0 amide bonds. The molecule has 10 heteroatoms. The van der Waals surface area contributed by atoms with Crippen LogP contribution in [-0.4, -0.2) is 31.5 Å². The van der Waals surface area contributed by atoms with Gasteiger partial charge in [-0.3, -0.25) is 4.98 Å². The Morgan fingerprint density at radius 3 is 2.67 bits per heavy atom. The molecule has 2 N–H and O–H groups in total. The first-order valence-electron chi connectivity index (χ1n) is 9.62. The third-order valence-electron chi connectivity index (χ3n) is 4.70. The van der Waals surface area contributed by atoms with E-state index in [4.69, 9.17) is 0 Å². The van der Waals surface area contributed by atoms with E-state index in [-0.39, 0.29) is 23.5 Å². The van der Waals surface area contributed by atoms with Gasteiger partial charge in [0.2, 0.25) is 5.95 Å². The molecule has 7 nitrogen and oxygen atoms in total. The third kappa shape index (κ3) is 4.70. The maximum Gasteiger partial charge on any atom is 0.433 e. The van der Waals surface area contributed by atoms with Crippen LogP contribution in [0.4, 0.5) is 24.8 Å². The second kappa shape index (κ2) is 8.31. The lowest BCUT2D eigenvalue weighted by Crippen LogP contribution is -2.28. The van der Waals surface area contributed by atoms with Gasteiger partial charge in [0.25, 0.3) is 0 Å². The number of rotatable bonds is 4. The Balaban J connectivity index is 1.75. The van der Waals surface area contributed by atoms with Gasteiger partial charge in [-0.05, 0) is 50.6 Å². The maximum absolute atomic E-state index is 13.1. The molecule has 1 unspecified atom stereocenters. The standard InChI is InChI=1S/C20H20F3N7/c1-12-11-13(8-10-24-12)26-19-29-17(14-5-2-3-9-25-14)28-18(30-19)15-6-4-7-16(27-15)20(21,22)23/h4,6-8,10-11,14,25H,2-3,5,9H2,1H3,(H,24,26,28,29,30). The second-order valence-corrected chi connectivity index (χ2v) is 7.06. The fourth-order valence-electron chi connectivity index (χ4n) is 3.26. The van der Waals surface area contributed by atoms with Crippen molar-refractivity contribution in [1.82, 2.24) is 30.2 Å². The first-order chi connectivity index (χ1) is 14.4. The Morgan fingerprint density at radius 2 is 1.93 bits per heavy atom. The molecule has 0 saturated carbocycles. The van der Waals surface area contributed by atoms with Gasteiger partial charge >= 0.3 is 6.18 Å². The molecule has 4 heterocycles. The number of halogens is 3. The van der Waals surface area contributed by atoms with E-state index < -0.39 is 11.9 Å². The van der Waals surface area contributed by atoms with E-state index in [1.165, 1.54) is 12.1 Å². The van der Waals surface area contributed by atoms with Crippen LogP contribution in [0.3, 0.4) is 0 Å². The van der Waals surface area contributed by atoms with Gasteiger partial charge in [-0.15, -0.1) is 0 Å². The molecule has 1 atom stereocenters. The summed E-state index contributed by atoms with van der Waals surface area (Å²) in [5, 5.41) is 6.46. The molecule has 0 bridgehead atoms. The average molecular weight is 415 g/mol. The summed E-state index contributed by atoms with van der Waals surface area (Å²) >= 11 is 0. The smallest absolute Gasteiger partial charge is 0.324 e. The lowest BCUT2D eigenvalue weighted by molar-refractivity contribution is -0.141. The molecule has 1 saturated heterocycles. The number of alkyl halides is 3. The number of hydrogen-bond donors (Lipinski definition) is 2. The van der Waals surface area contributed by atoms with Crippen LogP contribution in [0, 0.1) is 6.92 Å². The summed E-state index contributed by atoms with van der Waals surface area (Å²) in [6.07, 6.45) is 0.0231. The van der Waals surface area contributed by atoms with Crippen molar-refractivity contribution < 1.29 is 13.2 Å². The van der Waals surface area contributed by atoms with E-state index in [0.29, 0.717) is 5.82 Å². The number of anilines is 2. The van der Waals surface area contributed by atoms with E-state index in [2.05, 4.69) is 35.6 Å². The van der Waals surface area contributed by atoms with Gasteiger partial charge in [-0.25, -0.2) is 9.97 Å². The van der Waals surface area contributed by atoms with Gasteiger partial charge < -0.3 is 10.6 Å². The number of nitrogens with one attached hydrogen (secondary N) is 2. The number of hydrogen-bond acceptors (Lipinski definition) is 7. The van der Waals surface area contributed by atoms with Crippen LogP contribution < -0.4 is 10.6 Å². The quantitative estimate of drug-likeness (QED) is 0.660. The first-order valence-corrected chi connectivity index (χ1v) is 9.62. The van der Waals surface area contributed by atoms with Crippen molar-refractivity contribution in [1.29, 1.82) is 0 Å². The third-order valence-corrected chi connectivity index (χ3v) is 4.70. The summed E-state index contributed by atoms with van der Waals surface area (Å²) in [5.41, 5.74) is 0.581. The predicted octanol–water partition coefficient (Wildman–Crippen LogP) is 4.21. The predicted molar refractivity (Wildman–Crippen MR) is 105 cm³/mol. The van der Waals surface area contributed by atoms with E-state index in [1.54, 1.807) is 12.3 Å². The zero-order valence-corrected chi connectivity index (χ0v) is 16.2. The lowest BCUT2D eigenvalue weighted by Gasteiger charge is -2.22. The van der Waals surface area contributed by atoms with Gasteiger partial charge in [0, 0.05) is 17.6 Å². The van der Waals surface area contributed by atoms with Crippen molar-refractivity contribution >= 4 is 11.6 Å². The maximum atomic E-state index is 13.1. The molecular weight excluding hydrogens is 395 g/mol. The topological polar surface area (TPSA) is 88.5 Å². The van der Waals surface area contributed by atoms with Crippen LogP contribution in [0.1, 0.15) is 42.5 Å². The highest BCUT2D eigenvalue weighted by Crippen LogP contribution is 2.29. The number of pyridine rings is 2. The Labute approximate surface area is 171 Å². The Kier molecular flexibility index (Phi) is 5.58. The second-order valence-electron chi connectivity index (χ2n) is 7.06. The monoisotopic (exact) mass is 415 g/mol. The molecule has 156 valence electrons. The Bertz CT molecular complexity index is 1030. The summed E-state index contributed by atoms with van der Waals surface area (Å²) in [4.78, 5) is 21.2. The minimum Gasteiger partial charge on any atom is -0.324 e. The summed E-state index contributed by atoms with van der Waals surface area (Å²) in [5.74, 6) is 0.811. The van der Waals surface area contributed by atoms with Crippen molar-refractivity contribution in [2.75, 3.05) is 11.9 Å². The number of piperidine rings is 1. The fourth-order valence-corrected chi connectivity index (χ4v) is 3.26. The van der Waals surface area contributed by atoms with E-state index in [0.717, 1.165) is 43.3 Å². The molecule has 30 heavy (non-hydrogen) atoms. The van der Waals surface area contributed by atoms with Crippen LogP contribution in [0.2, 0.25) is 0 Å². The highest BCUT2D eigenvalue weighted by Gasteiger charge is 2.33. The molecule has 1 fully saturated rings. The zero-order valence-electron chi connectivity index (χ0n) is 16.2. The van der Waals surface area contributed by atoms with Crippen molar-refractivity contribution in [3.63, 3.8) is 0 Å². The summed E-state index contributed by atoms with van der Waals surface area (Å²) in [6, 6.07) is 7.18. The Hall–Kier alpha value is -3.14. The molecule has 1 aliphatic heterocycles. The van der Waals surface area contributed by atoms with Crippen LogP contribution in [-0.2, 0) is 6.18 Å². The summed E-state index contributed by atoms with van der Waals surface area (Å²) in [6.45, 7) is 2.69. The van der Waals surface area contributed by atoms with Gasteiger partial charge in [0.15, 0.2) is 11.6 Å². The molecule has 4 rings (SSSR count). The van der Waals surface area contributed by atoms with Crippen molar-refractivity contribution in [2.24, 2.45) is 0 Å². The van der Waals surface area contributed by atoms with Gasteiger partial charge in [-0.2, -0.15) is 23.1 Å². The molecule has 3 aromatic rings. The first kappa shape index (κ1) is 20.1. The Morgan fingerprint density at radius 1 is 1.07 bits per heavy atom. The zero-order chi connectivity index (χ0) is 21.1. The average Bonchev–Trinajstić information content (AvgIpc) is 2.74. The van der Waals surface area contributed by atoms with Crippen molar-refractivity contribution in [2.45, 2.75) is 38.4 Å². The van der Waals surface area contributed by atoms with E-state index in [9.17, 15) is 13.2 Å². The minimum atomic E-state index is -4.55. The largest absolute Gasteiger partial charge is 0.433 e. The van der Waals surface area contributed by atoms with Gasteiger partial charge in [-0.1, -0.05) is 12.5 Å². The molecule has 3 aromatic heterocycles. The summed E-state index contributed by atoms with van der Waals surface area (Å²) < 4.78 is 39.3. The van der Waals surface area contributed by atoms with Crippen molar-refractivity contribution in [3.05, 3.63) is 53.7 Å². The summed E-state index contributed by atoms with van der Waals surface area (Å²) in [7, 11) is 0. The highest BCUT2D eigenvalue weighted by molar-refractivity contribution is 5.57. The number of aryl methyl sites for hydroxylation is 1. The van der Waals surface area contributed by atoms with Crippen LogP contribution >= 0.6 is 0 Å². The van der Waals surface area contributed by atoms with Gasteiger partial charge in [0.05, 0.1) is 6.04 Å². The highest BCUT2D eigenvalue weighted by atomic mass is 19.4. The van der Waals surface area contributed by atoms with Crippen LogP contribution in [0.25, 0.3) is 11.5 Å². The van der Waals surface area contributed by atoms with Crippen LogP contribution in [0.15, 0.2) is 36.5 Å². The van der Waals surface area contributed by atoms with Crippen LogP contribution in [0.5, 0.6) is 0 Å². The van der Waals surface area contributed by atoms with Gasteiger partial charge in [0.1, 0.15) is 11.4 Å². The lowest BCUT2D eigenvalue weighted by atomic mass is 10.0.